The van der Waals surface area contributed by atoms with Crippen LogP contribution in [0.15, 0.2) is 30.6 Å². The van der Waals surface area contributed by atoms with E-state index in [4.69, 9.17) is 11.6 Å². The van der Waals surface area contributed by atoms with Gasteiger partial charge >= 0.3 is 0 Å². The van der Waals surface area contributed by atoms with E-state index >= 15 is 0 Å². The average molecular weight is 291 g/mol. The predicted molar refractivity (Wildman–Crippen MR) is 77.3 cm³/mol. The molecule has 0 unspecified atom stereocenters. The fraction of sp³-hybridized carbons (Fsp3) is 0.154. The summed E-state index contributed by atoms with van der Waals surface area (Å²) in [7, 11) is 1.87. The molecule has 0 saturated carbocycles. The molecule has 19 heavy (non-hydrogen) atoms. The highest BCUT2D eigenvalue weighted by Gasteiger charge is 2.10. The first-order valence-corrected chi connectivity index (χ1v) is 6.92. The lowest BCUT2D eigenvalue weighted by Gasteiger charge is -2.01. The smallest absolute Gasteiger partial charge is 0.171 e. The normalized spacial score (nSPS) is 10.9. The van der Waals surface area contributed by atoms with Gasteiger partial charge in [-0.1, -0.05) is 11.6 Å². The number of thiophene rings is 1. The minimum absolute atomic E-state index is 0.440. The molecule has 0 N–H and O–H groups in total. The molecule has 0 aliphatic carbocycles. The highest BCUT2D eigenvalue weighted by atomic mass is 35.5. The van der Waals surface area contributed by atoms with Gasteiger partial charge in [0.15, 0.2) is 5.82 Å². The van der Waals surface area contributed by atoms with Crippen molar-refractivity contribution in [2.24, 2.45) is 7.05 Å². The van der Waals surface area contributed by atoms with Gasteiger partial charge in [0.25, 0.3) is 0 Å². The number of hydrogen-bond acceptors (Lipinski definition) is 4. The van der Waals surface area contributed by atoms with Crippen LogP contribution >= 0.6 is 22.9 Å². The van der Waals surface area contributed by atoms with Crippen molar-refractivity contribution in [1.29, 1.82) is 0 Å². The summed E-state index contributed by atoms with van der Waals surface area (Å²) >= 11 is 7.74. The molecular weight excluding hydrogens is 280 g/mol. The molecule has 0 atom stereocenters. The third kappa shape index (κ3) is 2.52. The molecule has 3 aromatic rings. The van der Waals surface area contributed by atoms with E-state index in [1.54, 1.807) is 28.3 Å². The van der Waals surface area contributed by atoms with Crippen LogP contribution in [0.4, 0.5) is 0 Å². The second-order valence-electron chi connectivity index (χ2n) is 4.21. The maximum atomic E-state index is 6.09. The zero-order valence-corrected chi connectivity index (χ0v) is 12.0. The van der Waals surface area contributed by atoms with Gasteiger partial charge < -0.3 is 0 Å². The molecule has 0 saturated heterocycles. The fourth-order valence-corrected chi connectivity index (χ4v) is 2.77. The second kappa shape index (κ2) is 4.75. The van der Waals surface area contributed by atoms with Crippen molar-refractivity contribution in [3.63, 3.8) is 0 Å². The largest absolute Gasteiger partial charge is 0.275 e. The topological polar surface area (TPSA) is 43.6 Å². The van der Waals surface area contributed by atoms with E-state index in [1.807, 2.05) is 25.4 Å². The van der Waals surface area contributed by atoms with E-state index in [0.29, 0.717) is 11.0 Å². The van der Waals surface area contributed by atoms with Crippen LogP contribution in [0.5, 0.6) is 0 Å². The quantitative estimate of drug-likeness (QED) is 0.678. The monoisotopic (exact) mass is 290 g/mol. The van der Waals surface area contributed by atoms with Gasteiger partial charge in [0.2, 0.25) is 0 Å². The number of aryl methyl sites for hydroxylation is 2. The predicted octanol–water partition coefficient (Wildman–Crippen LogP) is 3.57. The van der Waals surface area contributed by atoms with Crippen LogP contribution in [0, 0.1) is 6.92 Å². The first-order valence-electron chi connectivity index (χ1n) is 5.72. The van der Waals surface area contributed by atoms with Crippen molar-refractivity contribution in [2.75, 3.05) is 0 Å². The Morgan fingerprint density at radius 3 is 2.74 bits per heavy atom. The van der Waals surface area contributed by atoms with Gasteiger partial charge in [0.05, 0.1) is 16.8 Å². The molecular formula is C13H11ClN4S. The minimum Gasteiger partial charge on any atom is -0.275 e. The van der Waals surface area contributed by atoms with Crippen LogP contribution in [-0.4, -0.2) is 19.7 Å². The summed E-state index contributed by atoms with van der Waals surface area (Å²) in [6, 6.07) is 5.81. The third-order valence-corrected chi connectivity index (χ3v) is 3.85. The van der Waals surface area contributed by atoms with Crippen LogP contribution in [0.2, 0.25) is 5.15 Å². The van der Waals surface area contributed by atoms with Crippen molar-refractivity contribution in [3.05, 3.63) is 40.6 Å². The molecule has 4 nitrogen and oxygen atoms in total. The van der Waals surface area contributed by atoms with Crippen LogP contribution in [0.3, 0.4) is 0 Å². The summed E-state index contributed by atoms with van der Waals surface area (Å²) in [5.41, 5.74) is 1.72. The van der Waals surface area contributed by atoms with E-state index in [0.717, 1.165) is 16.1 Å². The first kappa shape index (κ1) is 12.3. The van der Waals surface area contributed by atoms with Crippen molar-refractivity contribution >= 4 is 22.9 Å². The van der Waals surface area contributed by atoms with Gasteiger partial charge in [0.1, 0.15) is 5.15 Å². The molecule has 3 rings (SSSR count). The maximum absolute atomic E-state index is 6.09. The van der Waals surface area contributed by atoms with E-state index in [2.05, 4.69) is 22.0 Å². The molecule has 3 aromatic heterocycles. The summed E-state index contributed by atoms with van der Waals surface area (Å²) in [5, 5.41) is 4.58. The van der Waals surface area contributed by atoms with Gasteiger partial charge in [-0.05, 0) is 19.1 Å². The van der Waals surface area contributed by atoms with Crippen LogP contribution in [0.25, 0.3) is 22.0 Å². The molecule has 0 amide bonds. The maximum Gasteiger partial charge on any atom is 0.171 e. The number of hydrogen-bond donors (Lipinski definition) is 0. The molecule has 0 radical (unpaired) electrons. The Hall–Kier alpha value is -1.72. The molecule has 0 bridgehead atoms. The molecule has 0 aliphatic heterocycles. The van der Waals surface area contributed by atoms with Gasteiger partial charge in [-0.15, -0.1) is 11.3 Å². The Bertz CT molecular complexity index is 673. The highest BCUT2D eigenvalue weighted by Crippen LogP contribution is 2.28. The lowest BCUT2D eigenvalue weighted by atomic mass is 10.2. The minimum atomic E-state index is 0.440. The lowest BCUT2D eigenvalue weighted by molar-refractivity contribution is 0.768. The van der Waals surface area contributed by atoms with Gasteiger partial charge in [0, 0.05) is 29.8 Å². The second-order valence-corrected chi connectivity index (χ2v) is 5.89. The zero-order chi connectivity index (χ0) is 13.4. The molecule has 6 heteroatoms. The summed E-state index contributed by atoms with van der Waals surface area (Å²) in [6.07, 6.45) is 3.67. The number of nitrogens with zero attached hydrogens (tertiary/aromatic N) is 4. The zero-order valence-electron chi connectivity index (χ0n) is 10.5. The molecule has 0 aromatic carbocycles. The Labute approximate surface area is 119 Å². The number of aromatic nitrogens is 4. The average Bonchev–Trinajstić information content (AvgIpc) is 2.97. The van der Waals surface area contributed by atoms with Crippen LogP contribution < -0.4 is 0 Å². The van der Waals surface area contributed by atoms with Crippen molar-refractivity contribution in [2.45, 2.75) is 6.92 Å². The Kier molecular flexibility index (Phi) is 3.08. The Morgan fingerprint density at radius 2 is 2.11 bits per heavy atom. The summed E-state index contributed by atoms with van der Waals surface area (Å²) in [5.74, 6) is 0.657. The first-order chi connectivity index (χ1) is 9.11. The van der Waals surface area contributed by atoms with E-state index in [9.17, 15) is 0 Å². The standard InChI is InChI=1S/C13H11ClN4S/c1-8-3-4-11(19-8)13-16-10(5-12(14)17-13)9-6-15-18(2)7-9/h3-7H,1-2H3. The van der Waals surface area contributed by atoms with Gasteiger partial charge in [-0.3, -0.25) is 4.68 Å². The van der Waals surface area contributed by atoms with E-state index in [1.165, 1.54) is 4.88 Å². The van der Waals surface area contributed by atoms with E-state index < -0.39 is 0 Å². The molecule has 0 spiro atoms. The lowest BCUT2D eigenvalue weighted by Crippen LogP contribution is -1.91. The number of halogens is 1. The SMILES string of the molecule is Cc1ccc(-c2nc(Cl)cc(-c3cnn(C)c3)n2)s1. The summed E-state index contributed by atoms with van der Waals surface area (Å²) < 4.78 is 1.74. The number of rotatable bonds is 2. The fourth-order valence-electron chi connectivity index (χ4n) is 1.78. The Balaban J connectivity index is 2.10. The summed E-state index contributed by atoms with van der Waals surface area (Å²) in [6.45, 7) is 2.06. The molecule has 0 aliphatic rings. The third-order valence-electron chi connectivity index (χ3n) is 2.66. The van der Waals surface area contributed by atoms with Crippen molar-refractivity contribution in [1.82, 2.24) is 19.7 Å². The molecule has 0 fully saturated rings. The Morgan fingerprint density at radius 1 is 1.26 bits per heavy atom. The van der Waals surface area contributed by atoms with Crippen LogP contribution in [-0.2, 0) is 7.05 Å². The van der Waals surface area contributed by atoms with Crippen molar-refractivity contribution < 1.29 is 0 Å². The molecule has 96 valence electrons. The van der Waals surface area contributed by atoms with Crippen molar-refractivity contribution in [3.8, 4) is 22.0 Å². The van der Waals surface area contributed by atoms with Gasteiger partial charge in [-0.2, -0.15) is 5.10 Å². The van der Waals surface area contributed by atoms with Gasteiger partial charge in [-0.25, -0.2) is 9.97 Å². The molecule has 3 heterocycles. The highest BCUT2D eigenvalue weighted by molar-refractivity contribution is 7.15. The van der Waals surface area contributed by atoms with E-state index in [-0.39, 0.29) is 0 Å². The van der Waals surface area contributed by atoms with Crippen LogP contribution in [0.1, 0.15) is 4.88 Å². The summed E-state index contributed by atoms with van der Waals surface area (Å²) in [4.78, 5) is 11.1.